The third-order valence-corrected chi connectivity index (χ3v) is 2.82. The van der Waals surface area contributed by atoms with Crippen LogP contribution >= 0.6 is 12.4 Å². The SMILES string of the molecule is COc1ccc(CN(C)C(=O)CCC(C)N)cc1.Cl. The number of carbonyl (C=O) groups is 1. The van der Waals surface area contributed by atoms with Crippen molar-refractivity contribution in [2.24, 2.45) is 5.73 Å². The van der Waals surface area contributed by atoms with Gasteiger partial charge in [0, 0.05) is 26.1 Å². The van der Waals surface area contributed by atoms with Crippen LogP contribution in [0, 0.1) is 0 Å². The molecular formula is C14H23ClN2O2. The Hall–Kier alpha value is -1.26. The van der Waals surface area contributed by atoms with Gasteiger partial charge >= 0.3 is 0 Å². The summed E-state index contributed by atoms with van der Waals surface area (Å²) in [7, 11) is 3.45. The molecule has 0 aliphatic heterocycles. The summed E-state index contributed by atoms with van der Waals surface area (Å²) >= 11 is 0. The Morgan fingerprint density at radius 1 is 1.37 bits per heavy atom. The van der Waals surface area contributed by atoms with E-state index in [1.165, 1.54) is 0 Å². The quantitative estimate of drug-likeness (QED) is 0.872. The molecule has 1 unspecified atom stereocenters. The summed E-state index contributed by atoms with van der Waals surface area (Å²) in [4.78, 5) is 13.5. The molecule has 5 heteroatoms. The number of ether oxygens (including phenoxy) is 1. The van der Waals surface area contributed by atoms with E-state index in [2.05, 4.69) is 0 Å². The monoisotopic (exact) mass is 286 g/mol. The van der Waals surface area contributed by atoms with Crippen LogP contribution < -0.4 is 10.5 Å². The molecule has 1 aromatic carbocycles. The maximum Gasteiger partial charge on any atom is 0.222 e. The molecule has 108 valence electrons. The maximum absolute atomic E-state index is 11.8. The Morgan fingerprint density at radius 2 is 1.95 bits per heavy atom. The van der Waals surface area contributed by atoms with Crippen molar-refractivity contribution < 1.29 is 9.53 Å². The van der Waals surface area contributed by atoms with Crippen molar-refractivity contribution in [1.82, 2.24) is 4.90 Å². The lowest BCUT2D eigenvalue weighted by molar-refractivity contribution is -0.130. The molecule has 0 fully saturated rings. The van der Waals surface area contributed by atoms with E-state index in [4.69, 9.17) is 10.5 Å². The first kappa shape index (κ1) is 17.7. The zero-order chi connectivity index (χ0) is 13.5. The van der Waals surface area contributed by atoms with E-state index in [0.29, 0.717) is 13.0 Å². The molecule has 0 aliphatic rings. The molecule has 0 heterocycles. The van der Waals surface area contributed by atoms with Crippen molar-refractivity contribution in [2.75, 3.05) is 14.2 Å². The predicted octanol–water partition coefficient (Wildman–Crippen LogP) is 2.20. The van der Waals surface area contributed by atoms with Gasteiger partial charge in [-0.1, -0.05) is 12.1 Å². The molecule has 1 aromatic rings. The zero-order valence-electron chi connectivity index (χ0n) is 11.8. The van der Waals surface area contributed by atoms with Crippen LogP contribution in [0.1, 0.15) is 25.3 Å². The van der Waals surface area contributed by atoms with Gasteiger partial charge in [0.05, 0.1) is 7.11 Å². The molecule has 0 spiro atoms. The Balaban J connectivity index is 0.00000324. The molecular weight excluding hydrogens is 264 g/mol. The van der Waals surface area contributed by atoms with Gasteiger partial charge in [0.1, 0.15) is 5.75 Å². The summed E-state index contributed by atoms with van der Waals surface area (Å²) in [6.45, 7) is 2.53. The first-order valence-electron chi connectivity index (χ1n) is 6.15. The number of rotatable bonds is 6. The largest absolute Gasteiger partial charge is 0.497 e. The number of nitrogens with two attached hydrogens (primary N) is 1. The van der Waals surface area contributed by atoms with Gasteiger partial charge in [-0.3, -0.25) is 4.79 Å². The van der Waals surface area contributed by atoms with E-state index in [-0.39, 0.29) is 24.4 Å². The summed E-state index contributed by atoms with van der Waals surface area (Å²) in [6.07, 6.45) is 1.23. The van der Waals surface area contributed by atoms with E-state index in [1.54, 1.807) is 12.0 Å². The fourth-order valence-electron chi connectivity index (χ4n) is 1.63. The fraction of sp³-hybridized carbons (Fsp3) is 0.500. The Bertz CT molecular complexity index is 380. The van der Waals surface area contributed by atoms with Crippen molar-refractivity contribution in [3.63, 3.8) is 0 Å². The van der Waals surface area contributed by atoms with Gasteiger partial charge in [-0.25, -0.2) is 0 Å². The number of methoxy groups -OCH3 is 1. The highest BCUT2D eigenvalue weighted by Crippen LogP contribution is 2.13. The van der Waals surface area contributed by atoms with Crippen LogP contribution in [-0.4, -0.2) is 31.0 Å². The molecule has 0 bridgehead atoms. The topological polar surface area (TPSA) is 55.6 Å². The third-order valence-electron chi connectivity index (χ3n) is 2.82. The number of halogens is 1. The number of benzene rings is 1. The van der Waals surface area contributed by atoms with Gasteiger partial charge in [0.15, 0.2) is 0 Å². The summed E-state index contributed by atoms with van der Waals surface area (Å²) in [5.74, 6) is 0.952. The Morgan fingerprint density at radius 3 is 2.42 bits per heavy atom. The summed E-state index contributed by atoms with van der Waals surface area (Å²) in [5, 5.41) is 0. The molecule has 0 aromatic heterocycles. The minimum absolute atomic E-state index is 0. The van der Waals surface area contributed by atoms with Crippen LogP contribution in [0.3, 0.4) is 0 Å². The second-order valence-corrected chi connectivity index (χ2v) is 4.61. The average Bonchev–Trinajstić information content (AvgIpc) is 2.36. The molecule has 0 radical (unpaired) electrons. The van der Waals surface area contributed by atoms with Crippen LogP contribution in [-0.2, 0) is 11.3 Å². The molecule has 0 saturated heterocycles. The first-order valence-corrected chi connectivity index (χ1v) is 6.15. The second-order valence-electron chi connectivity index (χ2n) is 4.61. The molecule has 0 saturated carbocycles. The average molecular weight is 287 g/mol. The van der Waals surface area contributed by atoms with E-state index < -0.39 is 0 Å². The minimum atomic E-state index is 0. The van der Waals surface area contributed by atoms with E-state index in [9.17, 15) is 4.79 Å². The van der Waals surface area contributed by atoms with Crippen LogP contribution in [0.25, 0.3) is 0 Å². The maximum atomic E-state index is 11.8. The lowest BCUT2D eigenvalue weighted by atomic mass is 10.1. The van der Waals surface area contributed by atoms with Crippen LogP contribution in [0.4, 0.5) is 0 Å². The molecule has 19 heavy (non-hydrogen) atoms. The molecule has 0 aliphatic carbocycles. The number of amides is 1. The molecule has 2 N–H and O–H groups in total. The highest BCUT2D eigenvalue weighted by molar-refractivity contribution is 5.85. The van der Waals surface area contributed by atoms with Crippen molar-refractivity contribution in [3.8, 4) is 5.75 Å². The van der Waals surface area contributed by atoms with Crippen molar-refractivity contribution in [1.29, 1.82) is 0 Å². The van der Waals surface area contributed by atoms with Crippen molar-refractivity contribution >= 4 is 18.3 Å². The molecule has 1 atom stereocenters. The van der Waals surface area contributed by atoms with Gasteiger partial charge in [-0.05, 0) is 31.0 Å². The summed E-state index contributed by atoms with van der Waals surface area (Å²) in [6, 6.07) is 7.80. The van der Waals surface area contributed by atoms with E-state index in [1.807, 2.05) is 38.2 Å². The first-order chi connectivity index (χ1) is 8.52. The van der Waals surface area contributed by atoms with Gasteiger partial charge in [-0.2, -0.15) is 0 Å². The van der Waals surface area contributed by atoms with Crippen molar-refractivity contribution in [3.05, 3.63) is 29.8 Å². The van der Waals surface area contributed by atoms with E-state index >= 15 is 0 Å². The number of carbonyl (C=O) groups excluding carboxylic acids is 1. The van der Waals surface area contributed by atoms with Gasteiger partial charge < -0.3 is 15.4 Å². The number of nitrogens with zero attached hydrogens (tertiary/aromatic N) is 1. The van der Waals surface area contributed by atoms with Gasteiger partial charge in [0.25, 0.3) is 0 Å². The molecule has 1 amide bonds. The second kappa shape index (κ2) is 8.77. The van der Waals surface area contributed by atoms with Crippen LogP contribution in [0.2, 0.25) is 0 Å². The fourth-order valence-corrected chi connectivity index (χ4v) is 1.63. The third kappa shape index (κ3) is 6.45. The number of hydrogen-bond acceptors (Lipinski definition) is 3. The Labute approximate surface area is 121 Å². The predicted molar refractivity (Wildman–Crippen MR) is 79.6 cm³/mol. The highest BCUT2D eigenvalue weighted by atomic mass is 35.5. The van der Waals surface area contributed by atoms with Crippen LogP contribution in [0.15, 0.2) is 24.3 Å². The lowest BCUT2D eigenvalue weighted by Gasteiger charge is -2.18. The van der Waals surface area contributed by atoms with E-state index in [0.717, 1.165) is 17.7 Å². The summed E-state index contributed by atoms with van der Waals surface area (Å²) in [5.41, 5.74) is 6.73. The Kier molecular flexibility index (Phi) is 8.19. The summed E-state index contributed by atoms with van der Waals surface area (Å²) < 4.78 is 5.09. The van der Waals surface area contributed by atoms with Crippen LogP contribution in [0.5, 0.6) is 5.75 Å². The smallest absolute Gasteiger partial charge is 0.222 e. The normalized spacial score (nSPS) is 11.4. The van der Waals surface area contributed by atoms with Crippen molar-refractivity contribution in [2.45, 2.75) is 32.4 Å². The van der Waals surface area contributed by atoms with Gasteiger partial charge in [0.2, 0.25) is 5.91 Å². The molecule has 4 nitrogen and oxygen atoms in total. The lowest BCUT2D eigenvalue weighted by Crippen LogP contribution is -2.27. The number of hydrogen-bond donors (Lipinski definition) is 1. The molecule has 1 rings (SSSR count). The minimum Gasteiger partial charge on any atom is -0.497 e. The van der Waals surface area contributed by atoms with Gasteiger partial charge in [-0.15, -0.1) is 12.4 Å². The highest BCUT2D eigenvalue weighted by Gasteiger charge is 2.10. The zero-order valence-corrected chi connectivity index (χ0v) is 12.6. The standard InChI is InChI=1S/C14H22N2O2.ClH/c1-11(15)4-9-14(17)16(2)10-12-5-7-13(18-3)8-6-12;/h5-8,11H,4,9-10,15H2,1-3H3;1H.